The van der Waals surface area contributed by atoms with Gasteiger partial charge in [-0.3, -0.25) is 4.79 Å². The third-order valence-electron chi connectivity index (χ3n) is 6.09. The number of hydrogen-bond donors (Lipinski definition) is 3. The van der Waals surface area contributed by atoms with Crippen molar-refractivity contribution in [1.82, 2.24) is 5.32 Å². The Morgan fingerprint density at radius 3 is 2.70 bits per heavy atom. The standard InChI is InChI=1S/C26H36F3NO3/c1-2-30-25(33)11-6-4-3-5-10-21-22(24(32)17-23(21)31)13-15-26(28,29)14-12-19-8-7-9-20(16-19)18-27/h3,5,7-9,13,15-16,21-24,31-32H,2,4,6,10-12,14,17-18H2,1H3,(H,30,33)/b5-3+,15-13+/t21-,22-,23?,24?/m1/s1. The summed E-state index contributed by atoms with van der Waals surface area (Å²) in [6.07, 6.45) is 6.56. The number of halogens is 3. The molecule has 4 atom stereocenters. The van der Waals surface area contributed by atoms with Crippen molar-refractivity contribution in [3.63, 3.8) is 0 Å². The summed E-state index contributed by atoms with van der Waals surface area (Å²) in [6, 6.07) is 6.57. The average molecular weight is 468 g/mol. The molecule has 0 aliphatic heterocycles. The van der Waals surface area contributed by atoms with E-state index in [4.69, 9.17) is 0 Å². The van der Waals surface area contributed by atoms with E-state index in [-0.39, 0.29) is 24.7 Å². The second-order valence-corrected chi connectivity index (χ2v) is 8.74. The first-order chi connectivity index (χ1) is 15.8. The van der Waals surface area contributed by atoms with Crippen LogP contribution in [0.1, 0.15) is 56.6 Å². The minimum absolute atomic E-state index is 0.0153. The molecule has 7 heteroatoms. The smallest absolute Gasteiger partial charge is 0.266 e. The zero-order valence-corrected chi connectivity index (χ0v) is 19.2. The van der Waals surface area contributed by atoms with Crippen molar-refractivity contribution < 1.29 is 28.2 Å². The first kappa shape index (κ1) is 27.1. The number of nitrogens with one attached hydrogen (secondary N) is 1. The van der Waals surface area contributed by atoms with Crippen LogP contribution < -0.4 is 5.32 Å². The Hall–Kier alpha value is -2.12. The summed E-state index contributed by atoms with van der Waals surface area (Å²) in [7, 11) is 0. The highest BCUT2D eigenvalue weighted by molar-refractivity contribution is 5.75. The number of carbonyl (C=O) groups excluding carboxylic acids is 1. The number of hydrogen-bond acceptors (Lipinski definition) is 3. The van der Waals surface area contributed by atoms with Gasteiger partial charge in [-0.1, -0.05) is 42.5 Å². The number of rotatable bonds is 13. The van der Waals surface area contributed by atoms with Gasteiger partial charge in [0.25, 0.3) is 5.92 Å². The Morgan fingerprint density at radius 1 is 1.21 bits per heavy atom. The third kappa shape index (κ3) is 9.33. The predicted octanol–water partition coefficient (Wildman–Crippen LogP) is 4.89. The van der Waals surface area contributed by atoms with E-state index in [1.165, 1.54) is 6.08 Å². The molecule has 0 radical (unpaired) electrons. The SMILES string of the molecule is CCNC(=O)CCC/C=C/C[C@H]1C(O)CC(O)[C@@H]1/C=C/C(F)(F)CCc1cccc(CF)c1. The zero-order valence-electron chi connectivity index (χ0n) is 19.2. The fourth-order valence-corrected chi connectivity index (χ4v) is 4.26. The molecular weight excluding hydrogens is 431 g/mol. The van der Waals surface area contributed by atoms with Gasteiger partial charge in [-0.15, -0.1) is 0 Å². The molecule has 1 amide bonds. The first-order valence-electron chi connectivity index (χ1n) is 11.7. The lowest BCUT2D eigenvalue weighted by Crippen LogP contribution is -2.22. The number of benzene rings is 1. The number of unbranched alkanes of at least 4 members (excludes halogenated alkanes) is 1. The van der Waals surface area contributed by atoms with Crippen molar-refractivity contribution in [3.8, 4) is 0 Å². The van der Waals surface area contributed by atoms with Crippen LogP contribution in [0.15, 0.2) is 48.6 Å². The summed E-state index contributed by atoms with van der Waals surface area (Å²) in [5, 5.41) is 23.3. The first-order valence-corrected chi connectivity index (χ1v) is 11.7. The van der Waals surface area contributed by atoms with E-state index >= 15 is 0 Å². The molecular formula is C26H36F3NO3. The van der Waals surface area contributed by atoms with E-state index in [1.54, 1.807) is 24.3 Å². The molecule has 0 aromatic heterocycles. The molecule has 0 saturated heterocycles. The van der Waals surface area contributed by atoms with Crippen LogP contribution in [0.2, 0.25) is 0 Å². The average Bonchev–Trinajstić information content (AvgIpc) is 3.06. The van der Waals surface area contributed by atoms with E-state index < -0.39 is 37.1 Å². The normalized spacial score (nSPS) is 23.6. The van der Waals surface area contributed by atoms with Crippen LogP contribution in [0.25, 0.3) is 0 Å². The van der Waals surface area contributed by atoms with Crippen LogP contribution in [0.3, 0.4) is 0 Å². The number of alkyl halides is 3. The van der Waals surface area contributed by atoms with Gasteiger partial charge in [0.2, 0.25) is 5.91 Å². The van der Waals surface area contributed by atoms with Crippen molar-refractivity contribution in [3.05, 3.63) is 59.7 Å². The van der Waals surface area contributed by atoms with Gasteiger partial charge in [0.15, 0.2) is 0 Å². The minimum Gasteiger partial charge on any atom is -0.393 e. The molecule has 1 aromatic rings. The molecule has 184 valence electrons. The monoisotopic (exact) mass is 467 g/mol. The van der Waals surface area contributed by atoms with Gasteiger partial charge in [0, 0.05) is 31.7 Å². The molecule has 1 aliphatic carbocycles. The molecule has 1 saturated carbocycles. The molecule has 2 rings (SSSR count). The molecule has 0 heterocycles. The largest absolute Gasteiger partial charge is 0.393 e. The van der Waals surface area contributed by atoms with Gasteiger partial charge in [-0.2, -0.15) is 0 Å². The predicted molar refractivity (Wildman–Crippen MR) is 124 cm³/mol. The van der Waals surface area contributed by atoms with E-state index in [9.17, 15) is 28.2 Å². The van der Waals surface area contributed by atoms with Gasteiger partial charge in [0.1, 0.15) is 6.67 Å². The van der Waals surface area contributed by atoms with Crippen molar-refractivity contribution in [2.45, 2.75) is 76.7 Å². The Morgan fingerprint density at radius 2 is 1.97 bits per heavy atom. The number of aliphatic hydroxyl groups is 2. The second kappa shape index (κ2) is 13.6. The molecule has 0 bridgehead atoms. The fraction of sp³-hybridized carbons (Fsp3) is 0.577. The van der Waals surface area contributed by atoms with Crippen molar-refractivity contribution in [1.29, 1.82) is 0 Å². The van der Waals surface area contributed by atoms with Crippen molar-refractivity contribution >= 4 is 5.91 Å². The number of aryl methyl sites for hydroxylation is 1. The van der Waals surface area contributed by atoms with Gasteiger partial charge in [0.05, 0.1) is 12.2 Å². The number of allylic oxidation sites excluding steroid dienone is 3. The van der Waals surface area contributed by atoms with Crippen LogP contribution >= 0.6 is 0 Å². The third-order valence-corrected chi connectivity index (χ3v) is 6.09. The lowest BCUT2D eigenvalue weighted by atomic mass is 9.89. The second-order valence-electron chi connectivity index (χ2n) is 8.74. The van der Waals surface area contributed by atoms with Gasteiger partial charge in [-0.05, 0) is 55.7 Å². The van der Waals surface area contributed by atoms with Crippen LogP contribution in [-0.4, -0.2) is 40.8 Å². The van der Waals surface area contributed by atoms with Crippen LogP contribution in [0.5, 0.6) is 0 Å². The molecule has 3 N–H and O–H groups in total. The van der Waals surface area contributed by atoms with E-state index in [0.717, 1.165) is 6.08 Å². The Balaban J connectivity index is 1.87. The van der Waals surface area contributed by atoms with Crippen LogP contribution in [0.4, 0.5) is 13.2 Å². The van der Waals surface area contributed by atoms with Gasteiger partial charge < -0.3 is 15.5 Å². The summed E-state index contributed by atoms with van der Waals surface area (Å²) in [4.78, 5) is 11.4. The lowest BCUT2D eigenvalue weighted by Gasteiger charge is -2.20. The van der Waals surface area contributed by atoms with Gasteiger partial charge >= 0.3 is 0 Å². The zero-order chi connectivity index (χ0) is 24.3. The summed E-state index contributed by atoms with van der Waals surface area (Å²) in [5.41, 5.74) is 1.12. The molecule has 4 nitrogen and oxygen atoms in total. The van der Waals surface area contributed by atoms with Gasteiger partial charge in [-0.25, -0.2) is 13.2 Å². The number of amides is 1. The maximum Gasteiger partial charge on any atom is 0.266 e. The van der Waals surface area contributed by atoms with Crippen molar-refractivity contribution in [2.75, 3.05) is 6.54 Å². The van der Waals surface area contributed by atoms with E-state index in [0.29, 0.717) is 43.4 Å². The maximum atomic E-state index is 14.5. The summed E-state index contributed by atoms with van der Waals surface area (Å²) < 4.78 is 41.7. The Kier molecular flexibility index (Phi) is 11.1. The maximum absolute atomic E-state index is 14.5. The highest BCUT2D eigenvalue weighted by atomic mass is 19.3. The molecule has 33 heavy (non-hydrogen) atoms. The molecule has 1 aromatic carbocycles. The number of aliphatic hydroxyl groups excluding tert-OH is 2. The fourth-order valence-electron chi connectivity index (χ4n) is 4.26. The Labute approximate surface area is 194 Å². The molecule has 0 spiro atoms. The highest BCUT2D eigenvalue weighted by Crippen LogP contribution is 2.37. The molecule has 2 unspecified atom stereocenters. The minimum atomic E-state index is -3.07. The highest BCUT2D eigenvalue weighted by Gasteiger charge is 2.40. The lowest BCUT2D eigenvalue weighted by molar-refractivity contribution is -0.121. The summed E-state index contributed by atoms with van der Waals surface area (Å²) in [5.74, 6) is -3.95. The topological polar surface area (TPSA) is 69.6 Å². The quantitative estimate of drug-likeness (QED) is 0.286. The van der Waals surface area contributed by atoms with Crippen molar-refractivity contribution in [2.24, 2.45) is 11.8 Å². The summed E-state index contributed by atoms with van der Waals surface area (Å²) >= 11 is 0. The summed E-state index contributed by atoms with van der Waals surface area (Å²) in [6.45, 7) is 1.85. The number of carbonyl (C=O) groups is 1. The van der Waals surface area contributed by atoms with E-state index in [1.807, 2.05) is 19.1 Å². The van der Waals surface area contributed by atoms with E-state index in [2.05, 4.69) is 5.32 Å². The van der Waals surface area contributed by atoms with Crippen LogP contribution in [-0.2, 0) is 17.9 Å². The molecule has 1 aliphatic rings. The Bertz CT molecular complexity index is 797. The molecule has 1 fully saturated rings. The van der Waals surface area contributed by atoms with Crippen LogP contribution in [0, 0.1) is 11.8 Å².